The Morgan fingerprint density at radius 2 is 2.35 bits per heavy atom. The summed E-state index contributed by atoms with van der Waals surface area (Å²) in [6.07, 6.45) is 0.930. The van der Waals surface area contributed by atoms with Crippen molar-refractivity contribution < 1.29 is 14.7 Å². The van der Waals surface area contributed by atoms with Crippen molar-refractivity contribution in [2.45, 2.75) is 25.5 Å². The van der Waals surface area contributed by atoms with Crippen molar-refractivity contribution in [3.05, 3.63) is 29.8 Å². The second-order valence-electron chi connectivity index (χ2n) is 4.01. The highest BCUT2D eigenvalue weighted by Crippen LogP contribution is 2.13. The molecular formula is C12H14N2O3. The van der Waals surface area contributed by atoms with Crippen LogP contribution in [-0.4, -0.2) is 23.0 Å². The van der Waals surface area contributed by atoms with Gasteiger partial charge in [-0.2, -0.15) is 0 Å². The molecule has 3 N–H and O–H groups in total. The zero-order valence-electron chi connectivity index (χ0n) is 9.27. The fraction of sp³-hybridized carbons (Fsp3) is 0.333. The van der Waals surface area contributed by atoms with Crippen LogP contribution in [0.3, 0.4) is 0 Å². The molecule has 0 unspecified atom stereocenters. The Morgan fingerprint density at radius 1 is 1.53 bits per heavy atom. The first-order chi connectivity index (χ1) is 8.19. The van der Waals surface area contributed by atoms with Gasteiger partial charge in [-0.25, -0.2) is 0 Å². The Hall–Kier alpha value is -1.88. The molecule has 1 aromatic rings. The summed E-state index contributed by atoms with van der Waals surface area (Å²) < 4.78 is 0. The van der Waals surface area contributed by atoms with E-state index in [2.05, 4.69) is 10.6 Å². The summed E-state index contributed by atoms with van der Waals surface area (Å²) in [6.45, 7) is -0.0656. The number of anilines is 1. The number of hydrogen-bond acceptors (Lipinski definition) is 3. The van der Waals surface area contributed by atoms with Crippen molar-refractivity contribution in [1.82, 2.24) is 5.32 Å². The van der Waals surface area contributed by atoms with E-state index >= 15 is 0 Å². The van der Waals surface area contributed by atoms with Gasteiger partial charge in [0.15, 0.2) is 0 Å². The maximum atomic E-state index is 11.8. The number of aliphatic hydroxyl groups excluding tert-OH is 1. The molecule has 0 spiro atoms. The molecule has 0 radical (unpaired) electrons. The quantitative estimate of drug-likeness (QED) is 0.708. The molecule has 1 saturated heterocycles. The van der Waals surface area contributed by atoms with Crippen LogP contribution < -0.4 is 10.6 Å². The Kier molecular flexibility index (Phi) is 3.39. The molecule has 2 rings (SSSR count). The van der Waals surface area contributed by atoms with Gasteiger partial charge < -0.3 is 15.7 Å². The molecule has 5 heteroatoms. The van der Waals surface area contributed by atoms with Gasteiger partial charge in [-0.15, -0.1) is 0 Å². The standard InChI is InChI=1S/C12H14N2O3/c15-7-8-2-1-3-9(6-8)13-12(17)10-4-5-11(16)14-10/h1-3,6,10,15H,4-5,7H2,(H,13,17)(H,14,16)/t10-/m1/s1. The van der Waals surface area contributed by atoms with E-state index in [4.69, 9.17) is 5.11 Å². The maximum Gasteiger partial charge on any atom is 0.246 e. The van der Waals surface area contributed by atoms with Crippen LogP contribution >= 0.6 is 0 Å². The first kappa shape index (κ1) is 11.6. The number of rotatable bonds is 3. The predicted molar refractivity (Wildman–Crippen MR) is 62.2 cm³/mol. The highest BCUT2D eigenvalue weighted by atomic mass is 16.3. The Labute approximate surface area is 98.8 Å². The van der Waals surface area contributed by atoms with E-state index in [-0.39, 0.29) is 18.4 Å². The summed E-state index contributed by atoms with van der Waals surface area (Å²) in [6, 6.07) is 6.53. The van der Waals surface area contributed by atoms with Crippen LogP contribution in [0, 0.1) is 0 Å². The Balaban J connectivity index is 2.00. The fourth-order valence-electron chi connectivity index (χ4n) is 1.79. The van der Waals surface area contributed by atoms with Gasteiger partial charge >= 0.3 is 0 Å². The van der Waals surface area contributed by atoms with Crippen LogP contribution in [0.15, 0.2) is 24.3 Å². The first-order valence-electron chi connectivity index (χ1n) is 5.49. The molecule has 90 valence electrons. The van der Waals surface area contributed by atoms with Crippen molar-refractivity contribution >= 4 is 17.5 Å². The van der Waals surface area contributed by atoms with E-state index in [9.17, 15) is 9.59 Å². The van der Waals surface area contributed by atoms with Crippen molar-refractivity contribution in [1.29, 1.82) is 0 Å². The number of aliphatic hydroxyl groups is 1. The molecule has 1 aliphatic heterocycles. The summed E-state index contributed by atoms with van der Waals surface area (Å²) in [5.41, 5.74) is 1.36. The molecule has 0 saturated carbocycles. The minimum absolute atomic E-state index is 0.0656. The van der Waals surface area contributed by atoms with Gasteiger partial charge in [0.25, 0.3) is 0 Å². The topological polar surface area (TPSA) is 78.4 Å². The van der Waals surface area contributed by atoms with Crippen LogP contribution in [0.2, 0.25) is 0 Å². The van der Waals surface area contributed by atoms with Gasteiger partial charge in [-0.3, -0.25) is 9.59 Å². The van der Waals surface area contributed by atoms with E-state index in [1.165, 1.54) is 0 Å². The fourth-order valence-corrected chi connectivity index (χ4v) is 1.79. The zero-order chi connectivity index (χ0) is 12.3. The number of carbonyl (C=O) groups excluding carboxylic acids is 2. The molecule has 1 aliphatic rings. The number of hydrogen-bond donors (Lipinski definition) is 3. The predicted octanol–water partition coefficient (Wildman–Crippen LogP) is 0.396. The largest absolute Gasteiger partial charge is 0.392 e. The Morgan fingerprint density at radius 3 is 3.00 bits per heavy atom. The molecule has 1 aromatic carbocycles. The summed E-state index contributed by atoms with van der Waals surface area (Å²) in [4.78, 5) is 22.8. The smallest absolute Gasteiger partial charge is 0.246 e. The molecule has 1 heterocycles. The molecule has 0 aromatic heterocycles. The molecule has 2 amide bonds. The lowest BCUT2D eigenvalue weighted by atomic mass is 10.2. The van der Waals surface area contributed by atoms with Gasteiger partial charge in [0.05, 0.1) is 6.61 Å². The highest BCUT2D eigenvalue weighted by molar-refractivity contribution is 5.98. The van der Waals surface area contributed by atoms with Gasteiger partial charge in [0.1, 0.15) is 6.04 Å². The third kappa shape index (κ3) is 2.82. The van der Waals surface area contributed by atoms with Gasteiger partial charge in [0, 0.05) is 12.1 Å². The number of carbonyl (C=O) groups is 2. The van der Waals surface area contributed by atoms with Crippen LogP contribution in [0.5, 0.6) is 0 Å². The lowest BCUT2D eigenvalue weighted by Gasteiger charge is -2.11. The molecule has 0 aliphatic carbocycles. The van der Waals surface area contributed by atoms with E-state index in [1.54, 1.807) is 24.3 Å². The van der Waals surface area contributed by atoms with Crippen LogP contribution in [0.25, 0.3) is 0 Å². The van der Waals surface area contributed by atoms with E-state index in [0.717, 1.165) is 5.56 Å². The monoisotopic (exact) mass is 234 g/mol. The normalized spacial score (nSPS) is 18.9. The number of benzene rings is 1. The Bertz CT molecular complexity index is 445. The number of amides is 2. The van der Waals surface area contributed by atoms with Crippen molar-refractivity contribution in [3.8, 4) is 0 Å². The second-order valence-corrected chi connectivity index (χ2v) is 4.01. The van der Waals surface area contributed by atoms with Gasteiger partial charge in [-0.1, -0.05) is 12.1 Å². The summed E-state index contributed by atoms with van der Waals surface area (Å²) in [5.74, 6) is -0.305. The third-order valence-corrected chi connectivity index (χ3v) is 2.69. The van der Waals surface area contributed by atoms with Crippen molar-refractivity contribution in [2.75, 3.05) is 5.32 Å². The van der Waals surface area contributed by atoms with Crippen molar-refractivity contribution in [2.24, 2.45) is 0 Å². The third-order valence-electron chi connectivity index (χ3n) is 2.69. The maximum absolute atomic E-state index is 11.8. The summed E-state index contributed by atoms with van der Waals surface area (Å²) >= 11 is 0. The minimum Gasteiger partial charge on any atom is -0.392 e. The molecule has 1 atom stereocenters. The summed E-state index contributed by atoms with van der Waals surface area (Å²) in [7, 11) is 0. The van der Waals surface area contributed by atoms with Gasteiger partial charge in [-0.05, 0) is 24.1 Å². The molecule has 0 bridgehead atoms. The van der Waals surface area contributed by atoms with Crippen LogP contribution in [-0.2, 0) is 16.2 Å². The van der Waals surface area contributed by atoms with Crippen LogP contribution in [0.4, 0.5) is 5.69 Å². The average Bonchev–Trinajstić information content (AvgIpc) is 2.76. The lowest BCUT2D eigenvalue weighted by molar-refractivity contribution is -0.122. The van der Waals surface area contributed by atoms with E-state index < -0.39 is 6.04 Å². The SMILES string of the molecule is O=C1CC[C@H](C(=O)Nc2cccc(CO)c2)N1. The number of nitrogens with one attached hydrogen (secondary N) is 2. The lowest BCUT2D eigenvalue weighted by Crippen LogP contribution is -2.37. The second kappa shape index (κ2) is 4.97. The van der Waals surface area contributed by atoms with E-state index in [0.29, 0.717) is 18.5 Å². The summed E-state index contributed by atoms with van der Waals surface area (Å²) in [5, 5.41) is 14.3. The van der Waals surface area contributed by atoms with E-state index in [1.807, 2.05) is 0 Å². The van der Waals surface area contributed by atoms with Crippen LogP contribution in [0.1, 0.15) is 18.4 Å². The molecular weight excluding hydrogens is 220 g/mol. The van der Waals surface area contributed by atoms with Gasteiger partial charge in [0.2, 0.25) is 11.8 Å². The molecule has 17 heavy (non-hydrogen) atoms. The van der Waals surface area contributed by atoms with Crippen molar-refractivity contribution in [3.63, 3.8) is 0 Å². The molecule has 5 nitrogen and oxygen atoms in total. The molecule has 1 fully saturated rings. The first-order valence-corrected chi connectivity index (χ1v) is 5.49. The zero-order valence-corrected chi connectivity index (χ0v) is 9.27. The average molecular weight is 234 g/mol. The highest BCUT2D eigenvalue weighted by Gasteiger charge is 2.26. The minimum atomic E-state index is -0.444.